The van der Waals surface area contributed by atoms with E-state index in [1.54, 1.807) is 6.07 Å². The predicted octanol–water partition coefficient (Wildman–Crippen LogP) is 3.63. The van der Waals surface area contributed by atoms with Gasteiger partial charge in [-0.15, -0.1) is 0 Å². The molecule has 0 amide bonds. The van der Waals surface area contributed by atoms with Crippen LogP contribution in [0.1, 0.15) is 5.56 Å². The lowest BCUT2D eigenvalue weighted by Gasteiger charge is -2.10. The van der Waals surface area contributed by atoms with Crippen LogP contribution in [-0.4, -0.2) is 13.2 Å². The minimum Gasteiger partial charge on any atom is -0.492 e. The van der Waals surface area contributed by atoms with Gasteiger partial charge < -0.3 is 10.1 Å². The summed E-state index contributed by atoms with van der Waals surface area (Å²) in [5, 5.41) is 3.22. The second kappa shape index (κ2) is 6.05. The van der Waals surface area contributed by atoms with Crippen LogP contribution in [0.4, 0.5) is 10.1 Å². The normalized spacial score (nSPS) is 10.1. The van der Waals surface area contributed by atoms with Crippen LogP contribution in [-0.2, 0) is 0 Å². The van der Waals surface area contributed by atoms with Gasteiger partial charge in [0.15, 0.2) is 0 Å². The zero-order chi connectivity index (χ0) is 12.8. The van der Waals surface area contributed by atoms with Crippen molar-refractivity contribution in [2.45, 2.75) is 6.92 Å². The summed E-state index contributed by atoms with van der Waals surface area (Å²) in [6, 6.07) is 14.4. The molecule has 0 aliphatic rings. The lowest BCUT2D eigenvalue weighted by molar-refractivity contribution is 0.333. The third kappa shape index (κ3) is 3.48. The third-order valence-corrected chi connectivity index (χ3v) is 2.62. The van der Waals surface area contributed by atoms with E-state index in [1.807, 2.05) is 37.3 Å². The SMILES string of the molecule is Cc1cc(F)ccc1NCCOc1ccccc1. The highest BCUT2D eigenvalue weighted by Gasteiger charge is 1.99. The van der Waals surface area contributed by atoms with Crippen LogP contribution < -0.4 is 10.1 Å². The van der Waals surface area contributed by atoms with Crippen LogP contribution >= 0.6 is 0 Å². The quantitative estimate of drug-likeness (QED) is 0.812. The molecule has 0 saturated carbocycles. The van der Waals surface area contributed by atoms with Crippen molar-refractivity contribution in [3.8, 4) is 5.75 Å². The van der Waals surface area contributed by atoms with Gasteiger partial charge in [0.05, 0.1) is 0 Å². The average Bonchev–Trinajstić information content (AvgIpc) is 2.38. The highest BCUT2D eigenvalue weighted by Crippen LogP contribution is 2.15. The lowest BCUT2D eigenvalue weighted by Crippen LogP contribution is -2.12. The van der Waals surface area contributed by atoms with E-state index in [2.05, 4.69) is 5.32 Å². The van der Waals surface area contributed by atoms with E-state index < -0.39 is 0 Å². The summed E-state index contributed by atoms with van der Waals surface area (Å²) < 4.78 is 18.5. The number of aryl methyl sites for hydroxylation is 1. The van der Waals surface area contributed by atoms with E-state index in [0.29, 0.717) is 13.2 Å². The Morgan fingerprint density at radius 1 is 1.11 bits per heavy atom. The summed E-state index contributed by atoms with van der Waals surface area (Å²) in [7, 11) is 0. The average molecular weight is 245 g/mol. The van der Waals surface area contributed by atoms with Gasteiger partial charge in [0, 0.05) is 12.2 Å². The molecule has 0 aromatic heterocycles. The molecule has 2 rings (SSSR count). The number of para-hydroxylation sites is 1. The molecule has 0 unspecified atom stereocenters. The fourth-order valence-corrected chi connectivity index (χ4v) is 1.70. The fourth-order valence-electron chi connectivity index (χ4n) is 1.70. The summed E-state index contributed by atoms with van der Waals surface area (Å²) >= 11 is 0. The number of ether oxygens (including phenoxy) is 1. The molecule has 2 aromatic rings. The maximum absolute atomic E-state index is 12.9. The van der Waals surface area contributed by atoms with E-state index in [4.69, 9.17) is 4.74 Å². The molecule has 0 aliphatic heterocycles. The molecule has 3 heteroatoms. The molecule has 0 spiro atoms. The van der Waals surface area contributed by atoms with Crippen molar-refractivity contribution < 1.29 is 9.13 Å². The summed E-state index contributed by atoms with van der Waals surface area (Å²) in [5.41, 5.74) is 1.84. The zero-order valence-electron chi connectivity index (χ0n) is 10.3. The van der Waals surface area contributed by atoms with Crippen LogP contribution in [0.25, 0.3) is 0 Å². The van der Waals surface area contributed by atoms with Crippen molar-refractivity contribution in [1.29, 1.82) is 0 Å². The van der Waals surface area contributed by atoms with Crippen molar-refractivity contribution in [2.75, 3.05) is 18.5 Å². The maximum Gasteiger partial charge on any atom is 0.123 e. The first kappa shape index (κ1) is 12.4. The monoisotopic (exact) mass is 245 g/mol. The zero-order valence-corrected chi connectivity index (χ0v) is 10.3. The van der Waals surface area contributed by atoms with Crippen LogP contribution in [0.15, 0.2) is 48.5 Å². The van der Waals surface area contributed by atoms with Gasteiger partial charge in [0.25, 0.3) is 0 Å². The van der Waals surface area contributed by atoms with Crippen LogP contribution in [0.5, 0.6) is 5.75 Å². The Balaban J connectivity index is 1.79. The summed E-state index contributed by atoms with van der Waals surface area (Å²) in [6.07, 6.45) is 0. The predicted molar refractivity (Wildman–Crippen MR) is 71.6 cm³/mol. The second-order valence-electron chi connectivity index (χ2n) is 4.05. The Morgan fingerprint density at radius 3 is 2.61 bits per heavy atom. The van der Waals surface area contributed by atoms with E-state index >= 15 is 0 Å². The fraction of sp³-hybridized carbons (Fsp3) is 0.200. The smallest absolute Gasteiger partial charge is 0.123 e. The van der Waals surface area contributed by atoms with Gasteiger partial charge in [-0.2, -0.15) is 0 Å². The standard InChI is InChI=1S/C15H16FNO/c1-12-11-13(16)7-8-15(12)17-9-10-18-14-5-3-2-4-6-14/h2-8,11,17H,9-10H2,1H3. The molecule has 2 nitrogen and oxygen atoms in total. The maximum atomic E-state index is 12.9. The van der Waals surface area contributed by atoms with Gasteiger partial charge in [-0.25, -0.2) is 4.39 Å². The number of hydrogen-bond acceptors (Lipinski definition) is 2. The lowest BCUT2D eigenvalue weighted by atomic mass is 10.2. The molecule has 18 heavy (non-hydrogen) atoms. The topological polar surface area (TPSA) is 21.3 Å². The number of rotatable bonds is 5. The molecule has 2 aromatic carbocycles. The van der Waals surface area contributed by atoms with E-state index in [1.165, 1.54) is 12.1 Å². The van der Waals surface area contributed by atoms with Gasteiger partial charge in [-0.05, 0) is 42.8 Å². The summed E-state index contributed by atoms with van der Waals surface area (Å²) in [5.74, 6) is 0.647. The van der Waals surface area contributed by atoms with Gasteiger partial charge in [-0.1, -0.05) is 18.2 Å². The van der Waals surface area contributed by atoms with Crippen LogP contribution in [0.3, 0.4) is 0 Å². The van der Waals surface area contributed by atoms with Crippen molar-refractivity contribution in [3.63, 3.8) is 0 Å². The van der Waals surface area contributed by atoms with Crippen LogP contribution in [0.2, 0.25) is 0 Å². The first-order chi connectivity index (χ1) is 8.75. The van der Waals surface area contributed by atoms with Gasteiger partial charge in [0.1, 0.15) is 18.2 Å². The summed E-state index contributed by atoms with van der Waals surface area (Å²) in [4.78, 5) is 0. The molecule has 0 saturated heterocycles. The molecule has 94 valence electrons. The highest BCUT2D eigenvalue weighted by molar-refractivity contribution is 5.50. The Morgan fingerprint density at radius 2 is 1.89 bits per heavy atom. The second-order valence-corrected chi connectivity index (χ2v) is 4.05. The molecule has 0 radical (unpaired) electrons. The largest absolute Gasteiger partial charge is 0.492 e. The van der Waals surface area contributed by atoms with Crippen molar-refractivity contribution in [2.24, 2.45) is 0 Å². The van der Waals surface area contributed by atoms with Crippen LogP contribution in [0, 0.1) is 12.7 Å². The van der Waals surface area contributed by atoms with E-state index in [-0.39, 0.29) is 5.82 Å². The number of nitrogens with one attached hydrogen (secondary N) is 1. The molecule has 0 heterocycles. The molecular weight excluding hydrogens is 229 g/mol. The van der Waals surface area contributed by atoms with Gasteiger partial charge >= 0.3 is 0 Å². The number of anilines is 1. The van der Waals surface area contributed by atoms with Gasteiger partial charge in [0.2, 0.25) is 0 Å². The van der Waals surface area contributed by atoms with Crippen molar-refractivity contribution in [3.05, 3.63) is 59.9 Å². The first-order valence-electron chi connectivity index (χ1n) is 5.93. The molecule has 0 fully saturated rings. The Kier molecular flexibility index (Phi) is 4.18. The third-order valence-electron chi connectivity index (χ3n) is 2.62. The van der Waals surface area contributed by atoms with E-state index in [0.717, 1.165) is 17.0 Å². The van der Waals surface area contributed by atoms with E-state index in [9.17, 15) is 4.39 Å². The molecule has 1 N–H and O–H groups in total. The number of benzene rings is 2. The summed E-state index contributed by atoms with van der Waals surface area (Å²) in [6.45, 7) is 3.13. The number of hydrogen-bond donors (Lipinski definition) is 1. The molecule has 0 aliphatic carbocycles. The van der Waals surface area contributed by atoms with Gasteiger partial charge in [-0.3, -0.25) is 0 Å². The minimum absolute atomic E-state index is 0.210. The molecule has 0 bridgehead atoms. The Bertz CT molecular complexity index is 499. The van der Waals surface area contributed by atoms with Crippen molar-refractivity contribution >= 4 is 5.69 Å². The highest BCUT2D eigenvalue weighted by atomic mass is 19.1. The molecule has 0 atom stereocenters. The Labute approximate surface area is 106 Å². The Hall–Kier alpha value is -2.03. The molecular formula is C15H16FNO. The van der Waals surface area contributed by atoms with Crippen molar-refractivity contribution in [1.82, 2.24) is 0 Å². The first-order valence-corrected chi connectivity index (χ1v) is 5.93. The number of halogens is 1. The minimum atomic E-state index is -0.210.